The Morgan fingerprint density at radius 2 is 1.97 bits per heavy atom. The third-order valence-corrected chi connectivity index (χ3v) is 5.44. The Morgan fingerprint density at radius 3 is 2.67 bits per heavy atom. The molecule has 7 nitrogen and oxygen atoms in total. The van der Waals surface area contributed by atoms with Crippen LogP contribution in [-0.2, 0) is 22.4 Å². The normalized spacial score (nSPS) is 14.2. The lowest BCUT2D eigenvalue weighted by Gasteiger charge is -2.17. The van der Waals surface area contributed by atoms with Gasteiger partial charge in [-0.25, -0.2) is 9.97 Å². The van der Waals surface area contributed by atoms with Crippen LogP contribution in [-0.4, -0.2) is 39.7 Å². The summed E-state index contributed by atoms with van der Waals surface area (Å²) in [5, 5.41) is 12.5. The fraction of sp³-hybridized carbons (Fsp3) is 0.478. The van der Waals surface area contributed by atoms with E-state index in [1.54, 1.807) is 0 Å². The van der Waals surface area contributed by atoms with Crippen molar-refractivity contribution < 1.29 is 32.6 Å². The lowest BCUT2D eigenvalue weighted by atomic mass is 9.90. The number of rotatable bonds is 11. The standard InChI is InChI=1S/C23H26F3N3O4/c24-23(25,26)33-20-10-8-16(14-28-20)17(13-21(31)32)12-19(30)6-2-1-5-18-9-7-15-4-3-11-27-22(15)29-18/h7-10,14,17H,1-6,11-13H2,(H,27,29)(H,31,32)/t17-/m0/s1. The van der Waals surface area contributed by atoms with Gasteiger partial charge < -0.3 is 15.2 Å². The minimum absolute atomic E-state index is 0.0194. The topological polar surface area (TPSA) is 101 Å². The summed E-state index contributed by atoms with van der Waals surface area (Å²) >= 11 is 0. The third kappa shape index (κ3) is 8.03. The number of carboxylic acid groups (broad SMARTS) is 1. The zero-order valence-corrected chi connectivity index (χ0v) is 18.0. The molecule has 0 radical (unpaired) electrons. The molecule has 3 heterocycles. The molecule has 1 atom stereocenters. The predicted molar refractivity (Wildman–Crippen MR) is 114 cm³/mol. The number of aryl methyl sites for hydroxylation is 2. The van der Waals surface area contributed by atoms with Gasteiger partial charge in [-0.1, -0.05) is 12.1 Å². The fourth-order valence-corrected chi connectivity index (χ4v) is 3.84. The van der Waals surface area contributed by atoms with E-state index in [0.29, 0.717) is 18.4 Å². The molecular weight excluding hydrogens is 439 g/mol. The number of alkyl halides is 3. The Kier molecular flexibility index (Phi) is 8.24. The highest BCUT2D eigenvalue weighted by atomic mass is 19.4. The summed E-state index contributed by atoms with van der Waals surface area (Å²) in [7, 11) is 0. The number of aromatic nitrogens is 2. The number of ether oxygens (including phenoxy) is 1. The van der Waals surface area contributed by atoms with Gasteiger partial charge in [0, 0.05) is 43.3 Å². The van der Waals surface area contributed by atoms with Crippen molar-refractivity contribution >= 4 is 17.6 Å². The second-order valence-corrected chi connectivity index (χ2v) is 8.06. The average molecular weight is 465 g/mol. The highest BCUT2D eigenvalue weighted by Crippen LogP contribution is 2.27. The van der Waals surface area contributed by atoms with E-state index < -0.39 is 24.1 Å². The number of carbonyl (C=O) groups is 2. The number of fused-ring (bicyclic) bond motifs is 1. The summed E-state index contributed by atoms with van der Waals surface area (Å²) in [6, 6.07) is 6.42. The first-order chi connectivity index (χ1) is 15.7. The Hall–Kier alpha value is -3.17. The molecule has 0 unspecified atom stereocenters. The van der Waals surface area contributed by atoms with Crippen molar-refractivity contribution in [2.24, 2.45) is 0 Å². The van der Waals surface area contributed by atoms with Gasteiger partial charge in [0.15, 0.2) is 0 Å². The van der Waals surface area contributed by atoms with Crippen molar-refractivity contribution in [3.63, 3.8) is 0 Å². The van der Waals surface area contributed by atoms with Gasteiger partial charge in [0.1, 0.15) is 11.6 Å². The maximum Gasteiger partial charge on any atom is 0.574 e. The quantitative estimate of drug-likeness (QED) is 0.465. The Morgan fingerprint density at radius 1 is 1.15 bits per heavy atom. The second-order valence-electron chi connectivity index (χ2n) is 8.06. The van der Waals surface area contributed by atoms with Crippen molar-refractivity contribution in [1.82, 2.24) is 9.97 Å². The summed E-state index contributed by atoms with van der Waals surface area (Å²) < 4.78 is 40.6. The molecule has 1 aliphatic heterocycles. The van der Waals surface area contributed by atoms with Gasteiger partial charge in [0.2, 0.25) is 5.88 Å². The number of aliphatic carboxylic acids is 1. The van der Waals surface area contributed by atoms with Gasteiger partial charge in [-0.3, -0.25) is 9.59 Å². The Labute approximate surface area is 189 Å². The Bertz CT molecular complexity index is 964. The smallest absolute Gasteiger partial charge is 0.481 e. The highest BCUT2D eigenvalue weighted by molar-refractivity contribution is 5.80. The number of Topliss-reactive ketones (excluding diaryl/α,β-unsaturated/α-hetero) is 1. The number of unbranched alkanes of at least 4 members (excludes halogenated alkanes) is 1. The summed E-state index contributed by atoms with van der Waals surface area (Å²) in [6.07, 6.45) is 0.484. The number of carbonyl (C=O) groups excluding carboxylic acids is 1. The van der Waals surface area contributed by atoms with E-state index in [9.17, 15) is 27.9 Å². The zero-order chi connectivity index (χ0) is 23.8. The van der Waals surface area contributed by atoms with E-state index >= 15 is 0 Å². The summed E-state index contributed by atoms with van der Waals surface area (Å²) in [6.45, 7) is 0.920. The number of nitrogens with one attached hydrogen (secondary N) is 1. The van der Waals surface area contributed by atoms with E-state index in [1.165, 1.54) is 11.6 Å². The molecule has 3 rings (SSSR count). The van der Waals surface area contributed by atoms with E-state index in [0.717, 1.165) is 56.0 Å². The van der Waals surface area contributed by atoms with Gasteiger partial charge in [-0.05, 0) is 49.3 Å². The zero-order valence-electron chi connectivity index (χ0n) is 18.0. The maximum absolute atomic E-state index is 12.5. The molecule has 0 saturated carbocycles. The summed E-state index contributed by atoms with van der Waals surface area (Å²) in [5.74, 6) is -1.58. The molecule has 0 bridgehead atoms. The third-order valence-electron chi connectivity index (χ3n) is 5.44. The van der Waals surface area contributed by atoms with Crippen LogP contribution in [0, 0.1) is 0 Å². The molecule has 1 aliphatic rings. The number of halogens is 3. The summed E-state index contributed by atoms with van der Waals surface area (Å²) in [4.78, 5) is 31.9. The van der Waals surface area contributed by atoms with Crippen molar-refractivity contribution in [3.8, 4) is 5.88 Å². The lowest BCUT2D eigenvalue weighted by molar-refractivity contribution is -0.276. The van der Waals surface area contributed by atoms with Crippen LogP contribution in [0.15, 0.2) is 30.5 Å². The van der Waals surface area contributed by atoms with E-state index in [-0.39, 0.29) is 18.6 Å². The van der Waals surface area contributed by atoms with Crippen molar-refractivity contribution in [2.45, 2.75) is 63.6 Å². The van der Waals surface area contributed by atoms with Crippen molar-refractivity contribution in [1.29, 1.82) is 0 Å². The first-order valence-electron chi connectivity index (χ1n) is 10.9. The predicted octanol–water partition coefficient (Wildman–Crippen LogP) is 4.66. The van der Waals surface area contributed by atoms with Gasteiger partial charge in [0.25, 0.3) is 0 Å². The molecule has 0 fully saturated rings. The van der Waals surface area contributed by atoms with Crippen molar-refractivity contribution in [2.75, 3.05) is 11.9 Å². The number of hydrogen-bond donors (Lipinski definition) is 2. The van der Waals surface area contributed by atoms with E-state index in [4.69, 9.17) is 0 Å². The molecule has 33 heavy (non-hydrogen) atoms. The number of nitrogens with zero attached hydrogens (tertiary/aromatic N) is 2. The molecule has 2 N–H and O–H groups in total. The largest absolute Gasteiger partial charge is 0.574 e. The SMILES string of the molecule is O=C(O)C[C@H](CC(=O)CCCCc1ccc2c(n1)NCCC2)c1ccc(OC(F)(F)F)nc1. The van der Waals surface area contributed by atoms with E-state index in [2.05, 4.69) is 26.1 Å². The van der Waals surface area contributed by atoms with Crippen molar-refractivity contribution in [3.05, 3.63) is 47.3 Å². The number of anilines is 1. The average Bonchev–Trinajstić information content (AvgIpc) is 2.75. The first-order valence-corrected chi connectivity index (χ1v) is 10.9. The second kappa shape index (κ2) is 11.1. The molecule has 0 spiro atoms. The number of carboxylic acids is 1. The number of pyridine rings is 2. The molecule has 10 heteroatoms. The lowest BCUT2D eigenvalue weighted by Crippen LogP contribution is -2.18. The minimum Gasteiger partial charge on any atom is -0.481 e. The van der Waals surface area contributed by atoms with E-state index in [1.807, 2.05) is 6.07 Å². The van der Waals surface area contributed by atoms with Gasteiger partial charge >= 0.3 is 12.3 Å². The molecular formula is C23H26F3N3O4. The number of hydrogen-bond acceptors (Lipinski definition) is 6. The van der Waals surface area contributed by atoms with Crippen LogP contribution in [0.25, 0.3) is 0 Å². The maximum atomic E-state index is 12.5. The minimum atomic E-state index is -4.87. The first kappa shape index (κ1) is 24.5. The molecule has 0 amide bonds. The van der Waals surface area contributed by atoms with Crippen LogP contribution in [0.5, 0.6) is 5.88 Å². The highest BCUT2D eigenvalue weighted by Gasteiger charge is 2.32. The molecule has 2 aromatic heterocycles. The molecule has 0 aliphatic carbocycles. The van der Waals surface area contributed by atoms with Gasteiger partial charge in [-0.2, -0.15) is 0 Å². The van der Waals surface area contributed by atoms with Crippen LogP contribution < -0.4 is 10.1 Å². The van der Waals surface area contributed by atoms with Gasteiger partial charge in [0.05, 0.1) is 6.42 Å². The molecule has 2 aromatic rings. The molecule has 0 aromatic carbocycles. The van der Waals surface area contributed by atoms with Gasteiger partial charge in [-0.15, -0.1) is 13.2 Å². The molecule has 178 valence electrons. The van der Waals surface area contributed by atoms with Crippen LogP contribution in [0.1, 0.15) is 61.3 Å². The molecule has 0 saturated heterocycles. The van der Waals surface area contributed by atoms with Crippen LogP contribution >= 0.6 is 0 Å². The Balaban J connectivity index is 1.49. The van der Waals surface area contributed by atoms with Crippen LogP contribution in [0.3, 0.4) is 0 Å². The van der Waals surface area contributed by atoms with Crippen LogP contribution in [0.4, 0.5) is 19.0 Å². The number of ketones is 1. The monoisotopic (exact) mass is 465 g/mol. The summed E-state index contributed by atoms with van der Waals surface area (Å²) in [5.41, 5.74) is 2.56. The van der Waals surface area contributed by atoms with Crippen LogP contribution in [0.2, 0.25) is 0 Å². The fourth-order valence-electron chi connectivity index (χ4n) is 3.84.